The fourth-order valence-electron chi connectivity index (χ4n) is 4.78. The third-order valence-electron chi connectivity index (χ3n) is 6.46. The fraction of sp³-hybridized carbons (Fsp3) is 0.478. The summed E-state index contributed by atoms with van der Waals surface area (Å²) in [5.41, 5.74) is -1.00. The van der Waals surface area contributed by atoms with E-state index in [1.165, 1.54) is 34.0 Å². The molecule has 2 amide bonds. The number of carboxylic acids is 1. The molecule has 0 unspecified atom stereocenters. The van der Waals surface area contributed by atoms with E-state index in [4.69, 9.17) is 5.11 Å². The van der Waals surface area contributed by atoms with Crippen LogP contribution in [-0.4, -0.2) is 43.6 Å². The van der Waals surface area contributed by atoms with Crippen LogP contribution in [0, 0.1) is 5.92 Å². The molecule has 11 heteroatoms. The fourth-order valence-corrected chi connectivity index (χ4v) is 4.78. The molecule has 2 N–H and O–H groups in total. The number of rotatable bonds is 8. The molecule has 2 heterocycles. The highest BCUT2D eigenvalue weighted by atomic mass is 19.4. The van der Waals surface area contributed by atoms with Crippen LogP contribution in [0.5, 0.6) is 0 Å². The number of hydrogen-bond acceptors (Lipinski definition) is 4. The molecule has 0 bridgehead atoms. The molecule has 0 radical (unpaired) electrons. The standard InChI is InChI=1S/C23H25F3N4O4/c24-23(25,26)17-7-3-6-15-16(17)13-30(22(15)34)18(12-14-4-1-2-5-14)21(33)27-19-8-10-29(28-19)11-9-20(31)32/h3,6-8,10,14,18H,1-2,4-5,9,11-13H2,(H,31,32)(H,27,28,33)/t18-/m0/s1. The van der Waals surface area contributed by atoms with Crippen molar-refractivity contribution in [2.75, 3.05) is 5.32 Å². The van der Waals surface area contributed by atoms with Crippen LogP contribution in [0.1, 0.15) is 60.0 Å². The Morgan fingerprint density at radius 1 is 1.21 bits per heavy atom. The number of alkyl halides is 3. The topological polar surface area (TPSA) is 105 Å². The van der Waals surface area contributed by atoms with E-state index in [0.717, 1.165) is 31.7 Å². The third kappa shape index (κ3) is 5.07. The SMILES string of the molecule is O=C(O)CCn1ccc(NC(=O)[C@H](CC2CCCC2)N2Cc3c(cccc3C(F)(F)F)C2=O)n1. The minimum Gasteiger partial charge on any atom is -0.481 e. The summed E-state index contributed by atoms with van der Waals surface area (Å²) in [6.07, 6.45) is 0.963. The molecule has 1 atom stereocenters. The van der Waals surface area contributed by atoms with Crippen molar-refractivity contribution in [1.82, 2.24) is 14.7 Å². The number of aryl methyl sites for hydroxylation is 1. The first-order valence-corrected chi connectivity index (χ1v) is 11.2. The maximum Gasteiger partial charge on any atom is 0.416 e. The number of carboxylic acid groups (broad SMARTS) is 1. The molecule has 0 saturated heterocycles. The van der Waals surface area contributed by atoms with E-state index in [2.05, 4.69) is 10.4 Å². The lowest BCUT2D eigenvalue weighted by molar-refractivity contribution is -0.138. The quantitative estimate of drug-likeness (QED) is 0.599. The van der Waals surface area contributed by atoms with Gasteiger partial charge in [0.15, 0.2) is 5.82 Å². The molecule has 34 heavy (non-hydrogen) atoms. The number of halogens is 3. The largest absolute Gasteiger partial charge is 0.481 e. The lowest BCUT2D eigenvalue weighted by Gasteiger charge is -2.29. The van der Waals surface area contributed by atoms with Gasteiger partial charge in [-0.15, -0.1) is 0 Å². The zero-order chi connectivity index (χ0) is 24.5. The molecule has 182 valence electrons. The Labute approximate surface area is 193 Å². The van der Waals surface area contributed by atoms with Gasteiger partial charge >= 0.3 is 12.1 Å². The molecule has 1 aromatic carbocycles. The first-order valence-electron chi connectivity index (χ1n) is 11.2. The van der Waals surface area contributed by atoms with Crippen molar-refractivity contribution < 1.29 is 32.7 Å². The molecule has 1 fully saturated rings. The Bertz CT molecular complexity index is 1090. The van der Waals surface area contributed by atoms with Crippen LogP contribution in [0.3, 0.4) is 0 Å². The summed E-state index contributed by atoms with van der Waals surface area (Å²) in [5, 5.41) is 15.6. The van der Waals surface area contributed by atoms with E-state index in [1.807, 2.05) is 0 Å². The van der Waals surface area contributed by atoms with Gasteiger partial charge in [0.2, 0.25) is 5.91 Å². The molecule has 1 aliphatic carbocycles. The van der Waals surface area contributed by atoms with E-state index in [9.17, 15) is 27.6 Å². The van der Waals surface area contributed by atoms with Gasteiger partial charge in [0.05, 0.1) is 18.5 Å². The van der Waals surface area contributed by atoms with Gasteiger partial charge in [-0.05, 0) is 30.0 Å². The monoisotopic (exact) mass is 478 g/mol. The summed E-state index contributed by atoms with van der Waals surface area (Å²) in [7, 11) is 0. The molecule has 1 aliphatic heterocycles. The highest BCUT2D eigenvalue weighted by molar-refractivity contribution is 6.03. The Kier molecular flexibility index (Phi) is 6.63. The summed E-state index contributed by atoms with van der Waals surface area (Å²) in [5.74, 6) is -1.71. The van der Waals surface area contributed by atoms with Gasteiger partial charge in [0.25, 0.3) is 5.91 Å². The average molecular weight is 478 g/mol. The Hall–Kier alpha value is -3.37. The summed E-state index contributed by atoms with van der Waals surface area (Å²) in [6, 6.07) is 4.08. The summed E-state index contributed by atoms with van der Waals surface area (Å²) >= 11 is 0. The number of anilines is 1. The summed E-state index contributed by atoms with van der Waals surface area (Å²) in [4.78, 5) is 38.4. The zero-order valence-corrected chi connectivity index (χ0v) is 18.3. The average Bonchev–Trinajstić information content (AvgIpc) is 3.51. The number of benzene rings is 1. The van der Waals surface area contributed by atoms with Gasteiger partial charge in [0.1, 0.15) is 6.04 Å². The first-order chi connectivity index (χ1) is 16.1. The predicted octanol–water partition coefficient (Wildman–Crippen LogP) is 3.92. The van der Waals surface area contributed by atoms with Crippen LogP contribution in [0.4, 0.5) is 19.0 Å². The van der Waals surface area contributed by atoms with E-state index >= 15 is 0 Å². The number of hydrogen-bond donors (Lipinski definition) is 2. The van der Waals surface area contributed by atoms with E-state index in [1.54, 1.807) is 0 Å². The number of aliphatic carboxylic acids is 1. The van der Waals surface area contributed by atoms with Crippen molar-refractivity contribution >= 4 is 23.6 Å². The van der Waals surface area contributed by atoms with Crippen LogP contribution < -0.4 is 5.32 Å². The summed E-state index contributed by atoms with van der Waals surface area (Å²) < 4.78 is 42.0. The van der Waals surface area contributed by atoms with Crippen molar-refractivity contribution in [1.29, 1.82) is 0 Å². The Morgan fingerprint density at radius 3 is 2.62 bits per heavy atom. The second-order valence-corrected chi connectivity index (χ2v) is 8.76. The van der Waals surface area contributed by atoms with Crippen molar-refractivity contribution in [2.24, 2.45) is 5.92 Å². The molecule has 1 aromatic heterocycles. The number of carbonyl (C=O) groups excluding carboxylic acids is 2. The smallest absolute Gasteiger partial charge is 0.416 e. The van der Waals surface area contributed by atoms with Crippen LogP contribution in [0.25, 0.3) is 0 Å². The molecule has 8 nitrogen and oxygen atoms in total. The maximum absolute atomic E-state index is 13.5. The van der Waals surface area contributed by atoms with Gasteiger partial charge in [-0.3, -0.25) is 19.1 Å². The van der Waals surface area contributed by atoms with Gasteiger partial charge in [-0.1, -0.05) is 31.7 Å². The minimum atomic E-state index is -4.60. The zero-order valence-electron chi connectivity index (χ0n) is 18.3. The van der Waals surface area contributed by atoms with Crippen LogP contribution >= 0.6 is 0 Å². The number of carbonyl (C=O) groups is 3. The number of fused-ring (bicyclic) bond motifs is 1. The second-order valence-electron chi connectivity index (χ2n) is 8.76. The minimum absolute atomic E-state index is 0.0306. The molecule has 0 spiro atoms. The van der Waals surface area contributed by atoms with Crippen molar-refractivity contribution in [2.45, 2.75) is 63.8 Å². The lowest BCUT2D eigenvalue weighted by atomic mass is 9.96. The van der Waals surface area contributed by atoms with Gasteiger partial charge < -0.3 is 15.3 Å². The van der Waals surface area contributed by atoms with Crippen LogP contribution in [0.15, 0.2) is 30.5 Å². The predicted molar refractivity (Wildman–Crippen MR) is 115 cm³/mol. The first kappa shape index (κ1) is 23.8. The third-order valence-corrected chi connectivity index (χ3v) is 6.46. The van der Waals surface area contributed by atoms with Gasteiger partial charge in [-0.2, -0.15) is 18.3 Å². The Balaban J connectivity index is 1.56. The van der Waals surface area contributed by atoms with Crippen LogP contribution in [-0.2, 0) is 28.9 Å². The number of nitrogens with zero attached hydrogens (tertiary/aromatic N) is 3. The number of amides is 2. The molecule has 1 saturated carbocycles. The molecular formula is C23H25F3N4O4. The number of nitrogens with one attached hydrogen (secondary N) is 1. The van der Waals surface area contributed by atoms with E-state index in [0.29, 0.717) is 6.42 Å². The molecule has 2 aliphatic rings. The second kappa shape index (κ2) is 9.47. The van der Waals surface area contributed by atoms with Crippen molar-refractivity contribution in [3.63, 3.8) is 0 Å². The Morgan fingerprint density at radius 2 is 1.94 bits per heavy atom. The summed E-state index contributed by atoms with van der Waals surface area (Å²) in [6.45, 7) is -0.168. The van der Waals surface area contributed by atoms with Gasteiger partial charge in [-0.25, -0.2) is 0 Å². The van der Waals surface area contributed by atoms with Crippen molar-refractivity contribution in [3.8, 4) is 0 Å². The molecule has 2 aromatic rings. The van der Waals surface area contributed by atoms with E-state index < -0.39 is 35.6 Å². The highest BCUT2D eigenvalue weighted by Crippen LogP contribution is 2.39. The molecular weight excluding hydrogens is 453 g/mol. The van der Waals surface area contributed by atoms with Crippen LogP contribution in [0.2, 0.25) is 0 Å². The normalized spacial score (nSPS) is 17.1. The molecule has 4 rings (SSSR count). The maximum atomic E-state index is 13.5. The van der Waals surface area contributed by atoms with Gasteiger partial charge in [0, 0.05) is 24.4 Å². The lowest BCUT2D eigenvalue weighted by Crippen LogP contribution is -2.45. The van der Waals surface area contributed by atoms with Crippen molar-refractivity contribution in [3.05, 3.63) is 47.2 Å². The highest BCUT2D eigenvalue weighted by Gasteiger charge is 2.43. The van der Waals surface area contributed by atoms with E-state index in [-0.39, 0.29) is 42.4 Å². The number of aromatic nitrogens is 2.